The van der Waals surface area contributed by atoms with Gasteiger partial charge >= 0.3 is 0 Å². The summed E-state index contributed by atoms with van der Waals surface area (Å²) in [6.45, 7) is 13.7. The van der Waals surface area contributed by atoms with E-state index in [-0.39, 0.29) is 5.54 Å². The Morgan fingerprint density at radius 1 is 1.37 bits per heavy atom. The minimum atomic E-state index is 0.100. The van der Waals surface area contributed by atoms with E-state index >= 15 is 0 Å². The fraction of sp³-hybridized carbons (Fsp3) is 0.500. The van der Waals surface area contributed by atoms with Crippen molar-refractivity contribution in [2.75, 3.05) is 6.61 Å². The van der Waals surface area contributed by atoms with Gasteiger partial charge in [0.1, 0.15) is 5.75 Å². The zero-order valence-electron chi connectivity index (χ0n) is 12.3. The summed E-state index contributed by atoms with van der Waals surface area (Å²) in [5.74, 6) is 0.738. The maximum Gasteiger partial charge on any atom is 0.137 e. The lowest BCUT2D eigenvalue weighted by atomic mass is 10.1. The van der Waals surface area contributed by atoms with E-state index in [1.54, 1.807) is 0 Å². The van der Waals surface area contributed by atoms with Gasteiger partial charge in [0.15, 0.2) is 0 Å². The van der Waals surface area contributed by atoms with E-state index in [0.717, 1.165) is 29.9 Å². The van der Waals surface area contributed by atoms with Crippen molar-refractivity contribution in [2.24, 2.45) is 0 Å². The van der Waals surface area contributed by atoms with Crippen molar-refractivity contribution in [3.05, 3.63) is 40.9 Å². The molecule has 0 fully saturated rings. The molecule has 1 N–H and O–H groups in total. The quantitative estimate of drug-likeness (QED) is 0.771. The average Bonchev–Trinajstić information content (AvgIpc) is 2.27. The van der Waals surface area contributed by atoms with Gasteiger partial charge in [-0.3, -0.25) is 0 Å². The first-order valence-corrected chi connectivity index (χ1v) is 6.96. The van der Waals surface area contributed by atoms with Crippen LogP contribution < -0.4 is 10.1 Å². The molecule has 0 amide bonds. The second-order valence-electron chi connectivity index (χ2n) is 5.92. The molecule has 0 aliphatic carbocycles. The van der Waals surface area contributed by atoms with E-state index < -0.39 is 0 Å². The van der Waals surface area contributed by atoms with Gasteiger partial charge in [0.05, 0.1) is 11.6 Å². The molecule has 0 unspecified atom stereocenters. The number of hydrogen-bond acceptors (Lipinski definition) is 2. The molecule has 0 atom stereocenters. The lowest BCUT2D eigenvalue weighted by Crippen LogP contribution is -2.35. The molecule has 19 heavy (non-hydrogen) atoms. The van der Waals surface area contributed by atoms with Crippen LogP contribution in [0.25, 0.3) is 0 Å². The number of halogens is 1. The molecule has 0 aromatic heterocycles. The second-order valence-corrected chi connectivity index (χ2v) is 6.33. The van der Waals surface area contributed by atoms with E-state index in [2.05, 4.69) is 32.7 Å². The van der Waals surface area contributed by atoms with Crippen molar-refractivity contribution in [1.29, 1.82) is 0 Å². The van der Waals surface area contributed by atoms with Crippen LogP contribution >= 0.6 is 11.6 Å². The third-order valence-corrected chi connectivity index (χ3v) is 2.90. The number of hydrogen-bond donors (Lipinski definition) is 1. The fourth-order valence-electron chi connectivity index (χ4n) is 1.47. The van der Waals surface area contributed by atoms with E-state index in [4.69, 9.17) is 16.3 Å². The maximum absolute atomic E-state index is 6.22. The number of ether oxygens (including phenoxy) is 1. The highest BCUT2D eigenvalue weighted by Crippen LogP contribution is 2.26. The molecular weight excluding hydrogens is 258 g/mol. The van der Waals surface area contributed by atoms with E-state index in [1.165, 1.54) is 0 Å². The Labute approximate surface area is 121 Å². The Balaban J connectivity index is 2.56. The molecule has 0 heterocycles. The predicted molar refractivity (Wildman–Crippen MR) is 83.0 cm³/mol. The van der Waals surface area contributed by atoms with Crippen LogP contribution in [0.3, 0.4) is 0 Å². The van der Waals surface area contributed by atoms with Crippen LogP contribution in [-0.4, -0.2) is 12.1 Å². The number of nitrogens with one attached hydrogen (secondary N) is 1. The van der Waals surface area contributed by atoms with Crippen molar-refractivity contribution in [3.8, 4) is 5.75 Å². The van der Waals surface area contributed by atoms with Crippen LogP contribution in [0.2, 0.25) is 5.02 Å². The molecule has 106 valence electrons. The molecule has 0 saturated carbocycles. The standard InChI is InChI=1S/C16H24ClNO/c1-12(2)8-9-19-15-7-6-13(10-14(15)17)11-18-16(3,4)5/h6-7,10,18H,1,8-9,11H2,2-5H3. The predicted octanol–water partition coefficient (Wildman–Crippen LogP) is 4.57. The van der Waals surface area contributed by atoms with Crippen LogP contribution in [0, 0.1) is 0 Å². The van der Waals surface area contributed by atoms with Crippen LogP contribution in [0.4, 0.5) is 0 Å². The Morgan fingerprint density at radius 3 is 2.58 bits per heavy atom. The van der Waals surface area contributed by atoms with Crippen LogP contribution in [-0.2, 0) is 6.54 Å². The zero-order chi connectivity index (χ0) is 14.5. The molecule has 0 aliphatic rings. The summed E-state index contributed by atoms with van der Waals surface area (Å²) in [5, 5.41) is 4.09. The van der Waals surface area contributed by atoms with Gasteiger partial charge < -0.3 is 10.1 Å². The molecular formula is C16H24ClNO. The Kier molecular flexibility index (Phi) is 5.89. The minimum Gasteiger partial charge on any atom is -0.492 e. The van der Waals surface area contributed by atoms with E-state index in [0.29, 0.717) is 11.6 Å². The third kappa shape index (κ3) is 6.65. The first-order valence-electron chi connectivity index (χ1n) is 6.58. The van der Waals surface area contributed by atoms with Crippen molar-refractivity contribution >= 4 is 11.6 Å². The van der Waals surface area contributed by atoms with Gasteiger partial charge in [-0.25, -0.2) is 0 Å². The summed E-state index contributed by atoms with van der Waals surface area (Å²) in [7, 11) is 0. The van der Waals surface area contributed by atoms with Gasteiger partial charge in [-0.1, -0.05) is 23.2 Å². The average molecular weight is 282 g/mol. The molecule has 1 aromatic carbocycles. The lowest BCUT2D eigenvalue weighted by molar-refractivity contribution is 0.322. The Bertz CT molecular complexity index is 435. The second kappa shape index (κ2) is 6.97. The van der Waals surface area contributed by atoms with Crippen molar-refractivity contribution in [1.82, 2.24) is 5.32 Å². The summed E-state index contributed by atoms with van der Waals surface area (Å²) >= 11 is 6.22. The Morgan fingerprint density at radius 2 is 2.05 bits per heavy atom. The Hall–Kier alpha value is -0.990. The highest BCUT2D eigenvalue weighted by atomic mass is 35.5. The van der Waals surface area contributed by atoms with Gasteiger partial charge in [-0.15, -0.1) is 6.58 Å². The highest BCUT2D eigenvalue weighted by molar-refractivity contribution is 6.32. The molecule has 0 bridgehead atoms. The van der Waals surface area contributed by atoms with Crippen LogP contribution in [0.1, 0.15) is 39.7 Å². The normalized spacial score (nSPS) is 11.4. The van der Waals surface area contributed by atoms with E-state index in [9.17, 15) is 0 Å². The smallest absolute Gasteiger partial charge is 0.137 e. The first-order chi connectivity index (χ1) is 8.78. The molecule has 3 heteroatoms. The van der Waals surface area contributed by atoms with Crippen molar-refractivity contribution in [2.45, 2.75) is 46.2 Å². The molecule has 1 aromatic rings. The summed E-state index contributed by atoms with van der Waals surface area (Å²) in [5.41, 5.74) is 2.37. The van der Waals surface area contributed by atoms with Gasteiger partial charge in [0.2, 0.25) is 0 Å². The molecule has 0 saturated heterocycles. The molecule has 0 radical (unpaired) electrons. The minimum absolute atomic E-state index is 0.100. The van der Waals surface area contributed by atoms with Gasteiger partial charge in [-0.2, -0.15) is 0 Å². The SMILES string of the molecule is C=C(C)CCOc1ccc(CNC(C)(C)C)cc1Cl. The summed E-state index contributed by atoms with van der Waals surface area (Å²) in [4.78, 5) is 0. The number of benzene rings is 1. The fourth-order valence-corrected chi connectivity index (χ4v) is 1.73. The zero-order valence-corrected chi connectivity index (χ0v) is 13.1. The summed E-state index contributed by atoms with van der Waals surface area (Å²) in [6, 6.07) is 5.93. The van der Waals surface area contributed by atoms with Gasteiger partial charge in [0, 0.05) is 18.5 Å². The number of rotatable bonds is 6. The topological polar surface area (TPSA) is 21.3 Å². The van der Waals surface area contributed by atoms with Crippen molar-refractivity contribution < 1.29 is 4.74 Å². The van der Waals surface area contributed by atoms with Crippen molar-refractivity contribution in [3.63, 3.8) is 0 Å². The molecule has 0 spiro atoms. The van der Waals surface area contributed by atoms with E-state index in [1.807, 2.05) is 25.1 Å². The molecule has 1 rings (SSSR count). The first kappa shape index (κ1) is 16.1. The molecule has 0 aliphatic heterocycles. The summed E-state index contributed by atoms with van der Waals surface area (Å²) < 4.78 is 5.63. The van der Waals surface area contributed by atoms with Gasteiger partial charge in [0.25, 0.3) is 0 Å². The highest BCUT2D eigenvalue weighted by Gasteiger charge is 2.09. The summed E-state index contributed by atoms with van der Waals surface area (Å²) in [6.07, 6.45) is 0.851. The largest absolute Gasteiger partial charge is 0.492 e. The lowest BCUT2D eigenvalue weighted by Gasteiger charge is -2.20. The third-order valence-electron chi connectivity index (χ3n) is 2.61. The van der Waals surface area contributed by atoms with Gasteiger partial charge in [-0.05, 0) is 45.4 Å². The monoisotopic (exact) mass is 281 g/mol. The molecule has 2 nitrogen and oxygen atoms in total. The van der Waals surface area contributed by atoms with Crippen LogP contribution in [0.5, 0.6) is 5.75 Å². The maximum atomic E-state index is 6.22. The van der Waals surface area contributed by atoms with Crippen LogP contribution in [0.15, 0.2) is 30.4 Å².